The predicted molar refractivity (Wildman–Crippen MR) is 88.0 cm³/mol. The standard InChI is InChI=1S/C18H19N3O2/c1-13-7-8-16(19-11-13)20-18(23)15-5-2-4-14(10-15)12-21-9-3-6-17(21)22/h2,4-5,7-8,10-11H,3,6,9,12H2,1H3,(H,19,20,23). The number of nitrogens with zero attached hydrogens (tertiary/aromatic N) is 2. The minimum Gasteiger partial charge on any atom is -0.338 e. The molecule has 5 heteroatoms. The molecule has 1 N–H and O–H groups in total. The van der Waals surface area contributed by atoms with Gasteiger partial charge in [-0.25, -0.2) is 4.98 Å². The Morgan fingerprint density at radius 2 is 2.17 bits per heavy atom. The van der Waals surface area contributed by atoms with E-state index in [1.165, 1.54) is 0 Å². The predicted octanol–water partition coefficient (Wildman–Crippen LogP) is 2.76. The molecule has 2 aromatic rings. The molecule has 1 fully saturated rings. The zero-order valence-electron chi connectivity index (χ0n) is 13.1. The number of benzene rings is 1. The van der Waals surface area contributed by atoms with Crippen LogP contribution >= 0.6 is 0 Å². The molecule has 2 heterocycles. The van der Waals surface area contributed by atoms with Gasteiger partial charge in [-0.2, -0.15) is 0 Å². The van der Waals surface area contributed by atoms with Gasteiger partial charge in [-0.3, -0.25) is 9.59 Å². The van der Waals surface area contributed by atoms with Gasteiger partial charge < -0.3 is 10.2 Å². The maximum atomic E-state index is 12.3. The molecule has 1 aromatic heterocycles. The minimum atomic E-state index is -0.198. The van der Waals surface area contributed by atoms with Crippen molar-refractivity contribution < 1.29 is 9.59 Å². The molecule has 23 heavy (non-hydrogen) atoms. The number of aryl methyl sites for hydroxylation is 1. The fraction of sp³-hybridized carbons (Fsp3) is 0.278. The van der Waals surface area contributed by atoms with Crippen LogP contribution in [0.4, 0.5) is 5.82 Å². The Morgan fingerprint density at radius 1 is 1.30 bits per heavy atom. The van der Waals surface area contributed by atoms with Gasteiger partial charge in [0.2, 0.25) is 5.91 Å². The van der Waals surface area contributed by atoms with Gasteiger partial charge in [0.25, 0.3) is 5.91 Å². The van der Waals surface area contributed by atoms with Crippen LogP contribution in [-0.2, 0) is 11.3 Å². The number of carbonyl (C=O) groups excluding carboxylic acids is 2. The lowest BCUT2D eigenvalue weighted by atomic mass is 10.1. The normalized spacial score (nSPS) is 14.1. The highest BCUT2D eigenvalue weighted by molar-refractivity contribution is 6.03. The number of pyridine rings is 1. The number of carbonyl (C=O) groups is 2. The van der Waals surface area contributed by atoms with E-state index in [9.17, 15) is 9.59 Å². The lowest BCUT2D eigenvalue weighted by Gasteiger charge is -2.16. The second kappa shape index (κ2) is 6.60. The molecule has 3 rings (SSSR count). The zero-order valence-corrected chi connectivity index (χ0v) is 13.1. The third-order valence-electron chi connectivity index (χ3n) is 3.89. The van der Waals surface area contributed by atoms with E-state index in [0.29, 0.717) is 24.3 Å². The number of nitrogens with one attached hydrogen (secondary N) is 1. The quantitative estimate of drug-likeness (QED) is 0.944. The van der Waals surface area contributed by atoms with Crippen LogP contribution < -0.4 is 5.32 Å². The first-order valence-corrected chi connectivity index (χ1v) is 7.72. The highest BCUT2D eigenvalue weighted by atomic mass is 16.2. The summed E-state index contributed by atoms with van der Waals surface area (Å²) < 4.78 is 0. The fourth-order valence-corrected chi connectivity index (χ4v) is 2.63. The number of hydrogen-bond acceptors (Lipinski definition) is 3. The second-order valence-electron chi connectivity index (χ2n) is 5.79. The first-order chi connectivity index (χ1) is 11.1. The van der Waals surface area contributed by atoms with E-state index in [1.807, 2.05) is 36.1 Å². The zero-order chi connectivity index (χ0) is 16.2. The van der Waals surface area contributed by atoms with Crippen molar-refractivity contribution >= 4 is 17.6 Å². The van der Waals surface area contributed by atoms with Crippen molar-refractivity contribution in [3.63, 3.8) is 0 Å². The average Bonchev–Trinajstić information content (AvgIpc) is 2.95. The Bertz CT molecular complexity index is 725. The van der Waals surface area contributed by atoms with Crippen LogP contribution in [0.3, 0.4) is 0 Å². The molecule has 1 aromatic carbocycles. The smallest absolute Gasteiger partial charge is 0.256 e. The van der Waals surface area contributed by atoms with Gasteiger partial charge in [-0.05, 0) is 42.7 Å². The summed E-state index contributed by atoms with van der Waals surface area (Å²) in [5, 5.41) is 2.78. The molecular formula is C18H19N3O2. The van der Waals surface area contributed by atoms with Crippen molar-refractivity contribution in [3.05, 3.63) is 59.3 Å². The van der Waals surface area contributed by atoms with E-state index in [2.05, 4.69) is 10.3 Å². The highest BCUT2D eigenvalue weighted by Crippen LogP contribution is 2.16. The summed E-state index contributed by atoms with van der Waals surface area (Å²) in [5.74, 6) is 0.514. The van der Waals surface area contributed by atoms with Gasteiger partial charge in [0.05, 0.1) is 0 Å². The Kier molecular flexibility index (Phi) is 4.37. The monoisotopic (exact) mass is 309 g/mol. The minimum absolute atomic E-state index is 0.184. The number of anilines is 1. The molecule has 0 unspecified atom stereocenters. The number of rotatable bonds is 4. The van der Waals surface area contributed by atoms with Gasteiger partial charge in [-0.1, -0.05) is 18.2 Å². The first-order valence-electron chi connectivity index (χ1n) is 7.72. The number of likely N-dealkylation sites (tertiary alicyclic amines) is 1. The third-order valence-corrected chi connectivity index (χ3v) is 3.89. The molecule has 0 atom stereocenters. The van der Waals surface area contributed by atoms with E-state index >= 15 is 0 Å². The molecule has 5 nitrogen and oxygen atoms in total. The molecule has 1 saturated heterocycles. The van der Waals surface area contributed by atoms with Crippen molar-refractivity contribution in [2.75, 3.05) is 11.9 Å². The molecule has 118 valence electrons. The molecule has 1 aliphatic rings. The van der Waals surface area contributed by atoms with Gasteiger partial charge in [-0.15, -0.1) is 0 Å². The SMILES string of the molecule is Cc1ccc(NC(=O)c2cccc(CN3CCCC3=O)c2)nc1. The molecule has 2 amide bonds. The van der Waals surface area contributed by atoms with Gasteiger partial charge in [0, 0.05) is 31.3 Å². The number of hydrogen-bond donors (Lipinski definition) is 1. The van der Waals surface area contributed by atoms with Gasteiger partial charge in [0.1, 0.15) is 5.82 Å². The number of aromatic nitrogens is 1. The summed E-state index contributed by atoms with van der Waals surface area (Å²) in [5.41, 5.74) is 2.57. The van der Waals surface area contributed by atoms with Crippen LogP contribution in [0.2, 0.25) is 0 Å². The van der Waals surface area contributed by atoms with Crippen molar-refractivity contribution in [2.45, 2.75) is 26.3 Å². The van der Waals surface area contributed by atoms with Crippen LogP contribution in [0.25, 0.3) is 0 Å². The van der Waals surface area contributed by atoms with Crippen LogP contribution in [0.1, 0.15) is 34.3 Å². The summed E-state index contributed by atoms with van der Waals surface area (Å²) in [6.07, 6.45) is 3.25. The molecule has 1 aliphatic heterocycles. The highest BCUT2D eigenvalue weighted by Gasteiger charge is 2.20. The maximum Gasteiger partial charge on any atom is 0.256 e. The third kappa shape index (κ3) is 3.74. The molecule has 0 bridgehead atoms. The summed E-state index contributed by atoms with van der Waals surface area (Å²) in [7, 11) is 0. The Balaban J connectivity index is 1.69. The van der Waals surface area contributed by atoms with E-state index in [1.54, 1.807) is 18.3 Å². The number of amides is 2. The van der Waals surface area contributed by atoms with Gasteiger partial charge >= 0.3 is 0 Å². The first kappa shape index (κ1) is 15.2. The lowest BCUT2D eigenvalue weighted by molar-refractivity contribution is -0.128. The van der Waals surface area contributed by atoms with E-state index in [4.69, 9.17) is 0 Å². The van der Waals surface area contributed by atoms with Crippen LogP contribution in [0, 0.1) is 6.92 Å². The molecule has 0 radical (unpaired) electrons. The Labute approximate surface area is 135 Å². The summed E-state index contributed by atoms with van der Waals surface area (Å²) in [4.78, 5) is 30.0. The van der Waals surface area contributed by atoms with Crippen LogP contribution in [0.5, 0.6) is 0 Å². The maximum absolute atomic E-state index is 12.3. The van der Waals surface area contributed by atoms with Crippen molar-refractivity contribution in [3.8, 4) is 0 Å². The van der Waals surface area contributed by atoms with Crippen molar-refractivity contribution in [1.29, 1.82) is 0 Å². The van der Waals surface area contributed by atoms with E-state index in [0.717, 1.165) is 24.1 Å². The van der Waals surface area contributed by atoms with Crippen molar-refractivity contribution in [2.24, 2.45) is 0 Å². The summed E-state index contributed by atoms with van der Waals surface area (Å²) >= 11 is 0. The van der Waals surface area contributed by atoms with Crippen LogP contribution in [-0.4, -0.2) is 28.2 Å². The largest absolute Gasteiger partial charge is 0.338 e. The van der Waals surface area contributed by atoms with Crippen LogP contribution in [0.15, 0.2) is 42.6 Å². The van der Waals surface area contributed by atoms with Crippen molar-refractivity contribution in [1.82, 2.24) is 9.88 Å². The van der Waals surface area contributed by atoms with Gasteiger partial charge in [0.15, 0.2) is 0 Å². The summed E-state index contributed by atoms with van der Waals surface area (Å²) in [6, 6.07) is 11.0. The van der Waals surface area contributed by atoms with E-state index in [-0.39, 0.29) is 11.8 Å². The topological polar surface area (TPSA) is 62.3 Å². The molecule has 0 aliphatic carbocycles. The van der Waals surface area contributed by atoms with E-state index < -0.39 is 0 Å². The molecule has 0 saturated carbocycles. The lowest BCUT2D eigenvalue weighted by Crippen LogP contribution is -2.24. The average molecular weight is 309 g/mol. The summed E-state index contributed by atoms with van der Waals surface area (Å²) in [6.45, 7) is 3.30. The Hall–Kier alpha value is -2.69. The second-order valence-corrected chi connectivity index (χ2v) is 5.79. The molecule has 0 spiro atoms. The molecular weight excluding hydrogens is 290 g/mol. The fourth-order valence-electron chi connectivity index (χ4n) is 2.63. The Morgan fingerprint density at radius 3 is 2.87 bits per heavy atom.